The smallest absolute Gasteiger partial charge is 0.261 e. The summed E-state index contributed by atoms with van der Waals surface area (Å²) < 4.78 is 29.1. The molecular formula is C26H30N4O3S. The molecule has 0 aromatic heterocycles. The molecule has 3 aromatic rings. The number of nitrogens with zero attached hydrogens (tertiary/aromatic N) is 1. The Morgan fingerprint density at radius 1 is 0.941 bits per heavy atom. The van der Waals surface area contributed by atoms with Crippen LogP contribution in [0.25, 0.3) is 0 Å². The first kappa shape index (κ1) is 23.8. The van der Waals surface area contributed by atoms with E-state index < -0.39 is 10.0 Å². The molecule has 1 aliphatic heterocycles. The zero-order valence-corrected chi connectivity index (χ0v) is 20.3. The second-order valence-corrected chi connectivity index (χ2v) is 10.2. The largest absolute Gasteiger partial charge is 0.367 e. The summed E-state index contributed by atoms with van der Waals surface area (Å²) >= 11 is 0. The molecule has 3 N–H and O–H groups in total. The monoisotopic (exact) mass is 478 g/mol. The number of carbonyl (C=O) groups excluding carboxylic acids is 1. The van der Waals surface area contributed by atoms with Crippen LogP contribution in [0.1, 0.15) is 27.0 Å². The van der Waals surface area contributed by atoms with Crippen LogP contribution in [0.3, 0.4) is 0 Å². The molecule has 34 heavy (non-hydrogen) atoms. The third kappa shape index (κ3) is 5.76. The molecular weight excluding hydrogens is 448 g/mol. The summed E-state index contributed by atoms with van der Waals surface area (Å²) in [6, 6.07) is 19.9. The maximum atomic E-state index is 13.2. The Morgan fingerprint density at radius 2 is 1.65 bits per heavy atom. The Kier molecular flexibility index (Phi) is 7.19. The van der Waals surface area contributed by atoms with Crippen LogP contribution >= 0.6 is 0 Å². The SMILES string of the molecule is Cc1cccc(CNC(=O)c2ccc(N3CCNCC3)c(NS(=O)(=O)c3cccc(C)c3)c2)c1. The second kappa shape index (κ2) is 10.3. The van der Waals surface area contributed by atoms with Crippen molar-refractivity contribution in [2.75, 3.05) is 35.8 Å². The lowest BCUT2D eigenvalue weighted by Gasteiger charge is -2.31. The van der Waals surface area contributed by atoms with Gasteiger partial charge in [-0.1, -0.05) is 42.0 Å². The van der Waals surface area contributed by atoms with Gasteiger partial charge < -0.3 is 15.5 Å². The first-order valence-electron chi connectivity index (χ1n) is 11.3. The summed E-state index contributed by atoms with van der Waals surface area (Å²) in [7, 11) is -3.82. The highest BCUT2D eigenvalue weighted by atomic mass is 32.2. The van der Waals surface area contributed by atoms with Crippen molar-refractivity contribution in [1.29, 1.82) is 0 Å². The van der Waals surface area contributed by atoms with Gasteiger partial charge in [0.2, 0.25) is 0 Å². The van der Waals surface area contributed by atoms with Gasteiger partial charge in [-0.2, -0.15) is 0 Å². The molecule has 178 valence electrons. The number of piperazine rings is 1. The number of hydrogen-bond acceptors (Lipinski definition) is 5. The highest BCUT2D eigenvalue weighted by Crippen LogP contribution is 2.30. The molecule has 0 bridgehead atoms. The quantitative estimate of drug-likeness (QED) is 0.484. The lowest BCUT2D eigenvalue weighted by atomic mass is 10.1. The number of aryl methyl sites for hydroxylation is 2. The van der Waals surface area contributed by atoms with E-state index >= 15 is 0 Å². The number of hydrogen-bond donors (Lipinski definition) is 3. The van der Waals surface area contributed by atoms with Crippen LogP contribution in [-0.2, 0) is 16.6 Å². The summed E-state index contributed by atoms with van der Waals surface area (Å²) in [5.74, 6) is -0.260. The van der Waals surface area contributed by atoms with Gasteiger partial charge >= 0.3 is 0 Å². The third-order valence-corrected chi connectivity index (χ3v) is 7.16. The van der Waals surface area contributed by atoms with Gasteiger partial charge in [-0.15, -0.1) is 0 Å². The number of rotatable bonds is 7. The van der Waals surface area contributed by atoms with Gasteiger partial charge in [0.1, 0.15) is 0 Å². The van der Waals surface area contributed by atoms with Crippen LogP contribution in [0.15, 0.2) is 71.6 Å². The number of sulfonamides is 1. The molecule has 1 amide bonds. The van der Waals surface area contributed by atoms with Crippen molar-refractivity contribution in [2.24, 2.45) is 0 Å². The minimum atomic E-state index is -3.82. The lowest BCUT2D eigenvalue weighted by molar-refractivity contribution is 0.0951. The van der Waals surface area contributed by atoms with E-state index in [2.05, 4.69) is 20.3 Å². The highest BCUT2D eigenvalue weighted by molar-refractivity contribution is 7.92. The van der Waals surface area contributed by atoms with E-state index in [0.29, 0.717) is 17.8 Å². The average Bonchev–Trinajstić information content (AvgIpc) is 2.83. The van der Waals surface area contributed by atoms with E-state index in [-0.39, 0.29) is 10.8 Å². The Labute approximate surface area is 201 Å². The van der Waals surface area contributed by atoms with Gasteiger partial charge in [-0.25, -0.2) is 8.42 Å². The maximum absolute atomic E-state index is 13.2. The Hall–Kier alpha value is -3.36. The van der Waals surface area contributed by atoms with Crippen molar-refractivity contribution in [3.8, 4) is 0 Å². The molecule has 0 radical (unpaired) electrons. The van der Waals surface area contributed by atoms with E-state index in [1.807, 2.05) is 50.2 Å². The number of nitrogens with one attached hydrogen (secondary N) is 3. The van der Waals surface area contributed by atoms with Gasteiger partial charge in [0.15, 0.2) is 0 Å². The molecule has 0 spiro atoms. The summed E-state index contributed by atoms with van der Waals surface area (Å²) in [5, 5.41) is 6.24. The number of benzene rings is 3. The molecule has 4 rings (SSSR count). The minimum absolute atomic E-state index is 0.188. The number of carbonyl (C=O) groups is 1. The molecule has 0 unspecified atom stereocenters. The van der Waals surface area contributed by atoms with E-state index in [4.69, 9.17) is 0 Å². The molecule has 0 saturated carbocycles. The van der Waals surface area contributed by atoms with Crippen molar-refractivity contribution in [3.63, 3.8) is 0 Å². The van der Waals surface area contributed by atoms with E-state index in [0.717, 1.165) is 48.6 Å². The number of anilines is 2. The van der Waals surface area contributed by atoms with Crippen molar-refractivity contribution in [3.05, 3.63) is 89.0 Å². The minimum Gasteiger partial charge on any atom is -0.367 e. The summed E-state index contributed by atoms with van der Waals surface area (Å²) in [4.78, 5) is 15.2. The molecule has 1 heterocycles. The van der Waals surface area contributed by atoms with Crippen LogP contribution in [0.2, 0.25) is 0 Å². The van der Waals surface area contributed by atoms with Crippen LogP contribution in [-0.4, -0.2) is 40.5 Å². The van der Waals surface area contributed by atoms with Gasteiger partial charge in [0.05, 0.1) is 16.3 Å². The van der Waals surface area contributed by atoms with Crippen molar-refractivity contribution in [2.45, 2.75) is 25.3 Å². The summed E-state index contributed by atoms with van der Waals surface area (Å²) in [6.07, 6.45) is 0. The summed E-state index contributed by atoms with van der Waals surface area (Å²) in [6.45, 7) is 7.36. The fourth-order valence-electron chi connectivity index (χ4n) is 4.03. The predicted octanol–water partition coefficient (Wildman–Crippen LogP) is 3.44. The zero-order chi connectivity index (χ0) is 24.1. The van der Waals surface area contributed by atoms with E-state index in [1.54, 1.807) is 30.3 Å². The van der Waals surface area contributed by atoms with Crippen LogP contribution < -0.4 is 20.3 Å². The molecule has 7 nitrogen and oxygen atoms in total. The predicted molar refractivity (Wildman–Crippen MR) is 136 cm³/mol. The Bertz CT molecular complexity index is 1280. The van der Waals surface area contributed by atoms with Gasteiger partial charge in [0, 0.05) is 38.3 Å². The van der Waals surface area contributed by atoms with E-state index in [1.165, 1.54) is 0 Å². The first-order valence-corrected chi connectivity index (χ1v) is 12.8. The Morgan fingerprint density at radius 3 is 2.35 bits per heavy atom. The molecule has 1 fully saturated rings. The molecule has 0 aliphatic carbocycles. The fourth-order valence-corrected chi connectivity index (χ4v) is 5.20. The van der Waals surface area contributed by atoms with Crippen LogP contribution in [0, 0.1) is 13.8 Å². The lowest BCUT2D eigenvalue weighted by Crippen LogP contribution is -2.43. The molecule has 0 atom stereocenters. The molecule has 1 aliphatic rings. The standard InChI is InChI=1S/C26H30N4O3S/c1-19-5-3-7-21(15-19)18-28-26(31)22-9-10-25(30-13-11-27-12-14-30)24(17-22)29-34(32,33)23-8-4-6-20(2)16-23/h3-10,15-17,27,29H,11-14,18H2,1-2H3,(H,28,31). The second-order valence-electron chi connectivity index (χ2n) is 8.56. The van der Waals surface area contributed by atoms with Gasteiger partial charge in [0.25, 0.3) is 15.9 Å². The van der Waals surface area contributed by atoms with Crippen molar-refractivity contribution < 1.29 is 13.2 Å². The van der Waals surface area contributed by atoms with E-state index in [9.17, 15) is 13.2 Å². The first-order chi connectivity index (χ1) is 16.3. The topological polar surface area (TPSA) is 90.5 Å². The van der Waals surface area contributed by atoms with Crippen molar-refractivity contribution in [1.82, 2.24) is 10.6 Å². The Balaban J connectivity index is 1.62. The average molecular weight is 479 g/mol. The van der Waals surface area contributed by atoms with Gasteiger partial charge in [-0.05, 0) is 55.3 Å². The third-order valence-electron chi connectivity index (χ3n) is 5.80. The highest BCUT2D eigenvalue weighted by Gasteiger charge is 2.21. The fraction of sp³-hybridized carbons (Fsp3) is 0.269. The van der Waals surface area contributed by atoms with Crippen LogP contribution in [0.5, 0.6) is 0 Å². The normalized spacial score (nSPS) is 14.0. The number of amides is 1. The van der Waals surface area contributed by atoms with Gasteiger partial charge in [-0.3, -0.25) is 9.52 Å². The maximum Gasteiger partial charge on any atom is 0.261 e. The summed E-state index contributed by atoms with van der Waals surface area (Å²) in [5.41, 5.74) is 4.54. The molecule has 1 saturated heterocycles. The van der Waals surface area contributed by atoms with Crippen molar-refractivity contribution >= 4 is 27.3 Å². The molecule has 8 heteroatoms. The van der Waals surface area contributed by atoms with Crippen LogP contribution in [0.4, 0.5) is 11.4 Å². The zero-order valence-electron chi connectivity index (χ0n) is 19.5. The molecule has 3 aromatic carbocycles.